The largest absolute Gasteiger partial charge is 0.478 e. The van der Waals surface area contributed by atoms with E-state index in [1.54, 1.807) is 5.51 Å². The van der Waals surface area contributed by atoms with Crippen molar-refractivity contribution in [3.05, 3.63) is 29.5 Å². The van der Waals surface area contributed by atoms with Crippen molar-refractivity contribution in [1.82, 2.24) is 15.2 Å². The van der Waals surface area contributed by atoms with Crippen molar-refractivity contribution >= 4 is 29.1 Å². The molecule has 0 atom stereocenters. The molecule has 0 aliphatic rings. The number of pyridine rings is 1. The van der Waals surface area contributed by atoms with E-state index in [4.69, 9.17) is 5.11 Å². The summed E-state index contributed by atoms with van der Waals surface area (Å²) in [6, 6.07) is 1.46. The summed E-state index contributed by atoms with van der Waals surface area (Å²) in [6.45, 7) is 0. The molecule has 0 spiro atoms. The van der Waals surface area contributed by atoms with Crippen LogP contribution in [0, 0.1) is 0 Å². The highest BCUT2D eigenvalue weighted by Gasteiger charge is 2.11. The summed E-state index contributed by atoms with van der Waals surface area (Å²) in [5, 5.41) is 16.4. The Balaban J connectivity index is 2.32. The first-order valence-electron chi connectivity index (χ1n) is 3.88. The fourth-order valence-electron chi connectivity index (χ4n) is 0.939. The maximum atomic E-state index is 10.9. The minimum Gasteiger partial charge on any atom is -0.478 e. The van der Waals surface area contributed by atoms with Gasteiger partial charge in [0.15, 0.2) is 4.34 Å². The van der Waals surface area contributed by atoms with Crippen LogP contribution >= 0.6 is 23.1 Å². The van der Waals surface area contributed by atoms with E-state index >= 15 is 0 Å². The number of hydrogen-bond donors (Lipinski definition) is 1. The van der Waals surface area contributed by atoms with Gasteiger partial charge in [-0.3, -0.25) is 4.98 Å². The van der Waals surface area contributed by atoms with Gasteiger partial charge in [-0.25, -0.2) is 4.79 Å². The van der Waals surface area contributed by atoms with Gasteiger partial charge in [0.25, 0.3) is 0 Å². The van der Waals surface area contributed by atoms with Crippen LogP contribution in [0.15, 0.2) is 33.2 Å². The van der Waals surface area contributed by atoms with E-state index in [1.807, 2.05) is 0 Å². The molecule has 0 aliphatic heterocycles. The second-order valence-corrected chi connectivity index (χ2v) is 4.61. The van der Waals surface area contributed by atoms with Crippen LogP contribution in [0.25, 0.3) is 0 Å². The molecule has 0 unspecified atom stereocenters. The van der Waals surface area contributed by atoms with Crippen molar-refractivity contribution < 1.29 is 9.90 Å². The fraction of sp³-hybridized carbons (Fsp3) is 0. The van der Waals surface area contributed by atoms with Crippen molar-refractivity contribution in [3.63, 3.8) is 0 Å². The van der Waals surface area contributed by atoms with E-state index in [2.05, 4.69) is 15.2 Å². The maximum absolute atomic E-state index is 10.9. The van der Waals surface area contributed by atoms with Gasteiger partial charge in [0.05, 0.1) is 5.56 Å². The number of hydrogen-bond acceptors (Lipinski definition) is 6. The molecule has 1 N–H and O–H groups in total. The van der Waals surface area contributed by atoms with Gasteiger partial charge in [0.1, 0.15) is 5.51 Å². The molecule has 76 valence electrons. The van der Waals surface area contributed by atoms with Gasteiger partial charge in [-0.1, -0.05) is 23.1 Å². The predicted molar refractivity (Wildman–Crippen MR) is 55.2 cm³/mol. The summed E-state index contributed by atoms with van der Waals surface area (Å²) in [6.07, 6.45) is 2.96. The number of aromatic nitrogens is 3. The molecule has 15 heavy (non-hydrogen) atoms. The molecule has 0 fully saturated rings. The molecule has 2 aromatic heterocycles. The number of carbonyl (C=O) groups is 1. The lowest BCUT2D eigenvalue weighted by Gasteiger charge is -2.00. The summed E-state index contributed by atoms with van der Waals surface area (Å²) in [7, 11) is 0. The van der Waals surface area contributed by atoms with E-state index in [0.29, 0.717) is 9.24 Å². The second kappa shape index (κ2) is 4.37. The summed E-state index contributed by atoms with van der Waals surface area (Å²) in [5.41, 5.74) is 1.82. The standard InChI is InChI=1S/C8H5N3O2S2/c12-7(13)5-1-2-9-3-6(5)15-8-11-10-4-14-8/h1-4H,(H,12,13). The lowest BCUT2D eigenvalue weighted by Crippen LogP contribution is -1.98. The summed E-state index contributed by atoms with van der Waals surface area (Å²) in [4.78, 5) is 15.3. The summed E-state index contributed by atoms with van der Waals surface area (Å²) >= 11 is 2.61. The minimum atomic E-state index is -0.968. The van der Waals surface area contributed by atoms with E-state index in [-0.39, 0.29) is 5.56 Å². The number of nitrogens with zero attached hydrogens (tertiary/aromatic N) is 3. The van der Waals surface area contributed by atoms with Gasteiger partial charge in [-0.05, 0) is 6.07 Å². The third-order valence-electron chi connectivity index (χ3n) is 1.55. The predicted octanol–water partition coefficient (Wildman–Crippen LogP) is 1.78. The number of rotatable bonds is 3. The minimum absolute atomic E-state index is 0.227. The molecule has 5 nitrogen and oxygen atoms in total. The van der Waals surface area contributed by atoms with E-state index in [9.17, 15) is 4.79 Å². The van der Waals surface area contributed by atoms with E-state index in [0.717, 1.165) is 0 Å². The smallest absolute Gasteiger partial charge is 0.336 e. The van der Waals surface area contributed by atoms with Crippen LogP contribution in [0.5, 0.6) is 0 Å². The second-order valence-electron chi connectivity index (χ2n) is 2.48. The molecule has 0 saturated carbocycles. The van der Waals surface area contributed by atoms with Crippen LogP contribution in [-0.2, 0) is 0 Å². The molecule has 2 aromatic rings. The van der Waals surface area contributed by atoms with Crippen LogP contribution < -0.4 is 0 Å². The molecule has 2 rings (SSSR count). The lowest BCUT2D eigenvalue weighted by molar-refractivity contribution is 0.0693. The van der Waals surface area contributed by atoms with Gasteiger partial charge in [-0.15, -0.1) is 10.2 Å². The molecule has 0 aromatic carbocycles. The van der Waals surface area contributed by atoms with Gasteiger partial charge in [0.2, 0.25) is 0 Å². The first-order valence-corrected chi connectivity index (χ1v) is 5.58. The van der Waals surface area contributed by atoms with Crippen molar-refractivity contribution in [2.75, 3.05) is 0 Å². The van der Waals surface area contributed by atoms with Crippen molar-refractivity contribution in [1.29, 1.82) is 0 Å². The Kier molecular flexibility index (Phi) is 2.93. The Bertz CT molecular complexity index is 472. The molecule has 7 heteroatoms. The molecule has 0 aliphatic carbocycles. The Hall–Kier alpha value is -1.47. The first kappa shape index (κ1) is 10.1. The zero-order valence-corrected chi connectivity index (χ0v) is 8.96. The van der Waals surface area contributed by atoms with Gasteiger partial charge < -0.3 is 5.11 Å². The lowest BCUT2D eigenvalue weighted by atomic mass is 10.3. The van der Waals surface area contributed by atoms with Gasteiger partial charge in [-0.2, -0.15) is 0 Å². The highest BCUT2D eigenvalue weighted by atomic mass is 32.2. The van der Waals surface area contributed by atoms with Crippen LogP contribution in [0.2, 0.25) is 0 Å². The Labute approximate surface area is 93.2 Å². The van der Waals surface area contributed by atoms with Crippen LogP contribution in [0.3, 0.4) is 0 Å². The Morgan fingerprint density at radius 3 is 3.07 bits per heavy atom. The fourth-order valence-corrected chi connectivity index (χ4v) is 2.46. The number of carboxylic acids is 1. The quantitative estimate of drug-likeness (QED) is 0.879. The number of carboxylic acid groups (broad SMARTS) is 1. The Morgan fingerprint density at radius 1 is 1.53 bits per heavy atom. The molecule has 0 saturated heterocycles. The monoisotopic (exact) mass is 239 g/mol. The SMILES string of the molecule is O=C(O)c1ccncc1Sc1nncs1. The molecule has 0 bridgehead atoms. The molecule has 0 amide bonds. The average molecular weight is 239 g/mol. The normalized spacial score (nSPS) is 10.1. The zero-order chi connectivity index (χ0) is 10.7. The molecular weight excluding hydrogens is 234 g/mol. The van der Waals surface area contributed by atoms with E-state index < -0.39 is 5.97 Å². The van der Waals surface area contributed by atoms with E-state index in [1.165, 1.54) is 41.6 Å². The Morgan fingerprint density at radius 2 is 2.40 bits per heavy atom. The highest BCUT2D eigenvalue weighted by Crippen LogP contribution is 2.30. The zero-order valence-electron chi connectivity index (χ0n) is 7.32. The highest BCUT2D eigenvalue weighted by molar-refractivity contribution is 8.01. The summed E-state index contributed by atoms with van der Waals surface area (Å²) < 4.78 is 0.700. The topological polar surface area (TPSA) is 76.0 Å². The molecular formula is C8H5N3O2S2. The van der Waals surface area contributed by atoms with Crippen molar-refractivity contribution in [3.8, 4) is 0 Å². The van der Waals surface area contributed by atoms with Crippen LogP contribution in [0.1, 0.15) is 10.4 Å². The summed E-state index contributed by atoms with van der Waals surface area (Å²) in [5.74, 6) is -0.968. The van der Waals surface area contributed by atoms with Gasteiger partial charge in [0, 0.05) is 17.3 Å². The molecule has 2 heterocycles. The number of aromatic carboxylic acids is 1. The van der Waals surface area contributed by atoms with Gasteiger partial charge >= 0.3 is 5.97 Å². The third-order valence-corrected chi connectivity index (χ3v) is 3.38. The molecule has 0 radical (unpaired) electrons. The third kappa shape index (κ3) is 2.31. The van der Waals surface area contributed by atoms with Crippen LogP contribution in [-0.4, -0.2) is 26.3 Å². The maximum Gasteiger partial charge on any atom is 0.336 e. The first-order chi connectivity index (χ1) is 7.27. The van der Waals surface area contributed by atoms with Crippen molar-refractivity contribution in [2.24, 2.45) is 0 Å². The average Bonchev–Trinajstić information content (AvgIpc) is 2.71. The van der Waals surface area contributed by atoms with Crippen LogP contribution in [0.4, 0.5) is 0 Å². The van der Waals surface area contributed by atoms with Crippen molar-refractivity contribution in [2.45, 2.75) is 9.24 Å².